The number of sulfonamides is 1. The van der Waals surface area contributed by atoms with Crippen molar-refractivity contribution in [3.05, 3.63) is 16.5 Å². The lowest BCUT2D eigenvalue weighted by Gasteiger charge is -2.33. The van der Waals surface area contributed by atoms with Gasteiger partial charge >= 0.3 is 0 Å². The van der Waals surface area contributed by atoms with Gasteiger partial charge in [0.25, 0.3) is 10.0 Å². The van der Waals surface area contributed by atoms with Gasteiger partial charge < -0.3 is 10.6 Å². The number of hydrogen-bond acceptors (Lipinski definition) is 5. The first-order valence-electron chi connectivity index (χ1n) is 6.22. The lowest BCUT2D eigenvalue weighted by atomic mass is 10.2. The fraction of sp³-hybridized carbons (Fsp3) is 0.545. The number of nitrogens with one attached hydrogen (secondary N) is 2. The molecule has 2 rings (SSSR count). The van der Waals surface area contributed by atoms with Crippen molar-refractivity contribution in [2.45, 2.75) is 17.2 Å². The Kier molecular flexibility index (Phi) is 5.03. The van der Waals surface area contributed by atoms with Gasteiger partial charge in [-0.2, -0.15) is 4.31 Å². The topological polar surface area (TPSA) is 78.5 Å². The zero-order valence-electron chi connectivity index (χ0n) is 10.9. The molecule has 1 aliphatic rings. The van der Waals surface area contributed by atoms with Crippen molar-refractivity contribution < 1.29 is 13.2 Å². The van der Waals surface area contributed by atoms with Gasteiger partial charge in [0, 0.05) is 26.2 Å². The Hall–Kier alpha value is -0.670. The summed E-state index contributed by atoms with van der Waals surface area (Å²) in [4.78, 5) is 12.0. The van der Waals surface area contributed by atoms with Crippen LogP contribution in [-0.4, -0.2) is 50.9 Å². The average Bonchev–Trinajstić information content (AvgIpc) is 2.86. The summed E-state index contributed by atoms with van der Waals surface area (Å²) in [6, 6.07) is 2.29. The second-order valence-electron chi connectivity index (χ2n) is 4.29. The molecule has 2 heterocycles. The summed E-state index contributed by atoms with van der Waals surface area (Å²) >= 11 is 6.80. The Labute approximate surface area is 127 Å². The molecule has 1 saturated heterocycles. The van der Waals surface area contributed by atoms with Gasteiger partial charge in [-0.05, 0) is 19.1 Å². The van der Waals surface area contributed by atoms with Gasteiger partial charge in [0.2, 0.25) is 5.91 Å². The Morgan fingerprint density at radius 2 is 2.35 bits per heavy atom. The van der Waals surface area contributed by atoms with Gasteiger partial charge in [-0.15, -0.1) is 11.3 Å². The second kappa shape index (κ2) is 6.40. The van der Waals surface area contributed by atoms with Gasteiger partial charge in [0.15, 0.2) is 0 Å². The number of carbonyl (C=O) groups is 1. The number of piperazine rings is 1. The summed E-state index contributed by atoms with van der Waals surface area (Å²) in [5.41, 5.74) is 0. The van der Waals surface area contributed by atoms with Crippen molar-refractivity contribution >= 4 is 38.9 Å². The summed E-state index contributed by atoms with van der Waals surface area (Å²) in [5.74, 6) is -0.286. The highest BCUT2D eigenvalue weighted by Crippen LogP contribution is 2.29. The number of amides is 1. The summed E-state index contributed by atoms with van der Waals surface area (Å²) in [5, 5.41) is 5.71. The van der Waals surface area contributed by atoms with Gasteiger partial charge in [0.05, 0.1) is 4.34 Å². The van der Waals surface area contributed by atoms with E-state index in [-0.39, 0.29) is 16.7 Å². The second-order valence-corrected chi connectivity index (χ2v) is 8.12. The standard InChI is InChI=1S/C11H16ClN3O3S2/c1-2-14-11(16)8-7-13-5-6-15(8)20(17,18)10-4-3-9(12)19-10/h3-4,8,13H,2,5-7H2,1H3,(H,14,16). The molecule has 1 atom stereocenters. The number of halogens is 1. The molecule has 1 fully saturated rings. The number of nitrogens with zero attached hydrogens (tertiary/aromatic N) is 1. The molecule has 6 nitrogen and oxygen atoms in total. The zero-order chi connectivity index (χ0) is 14.8. The third-order valence-corrected chi connectivity index (χ3v) is 6.57. The Bertz CT molecular complexity index is 587. The molecule has 20 heavy (non-hydrogen) atoms. The molecule has 1 aromatic heterocycles. The summed E-state index contributed by atoms with van der Waals surface area (Å²) in [7, 11) is -3.69. The van der Waals surface area contributed by atoms with E-state index in [1.54, 1.807) is 13.0 Å². The van der Waals surface area contributed by atoms with E-state index in [2.05, 4.69) is 10.6 Å². The Morgan fingerprint density at radius 1 is 1.60 bits per heavy atom. The average molecular weight is 338 g/mol. The maximum absolute atomic E-state index is 12.6. The molecule has 0 aliphatic carbocycles. The highest BCUT2D eigenvalue weighted by molar-refractivity contribution is 7.91. The van der Waals surface area contributed by atoms with Crippen LogP contribution in [0.15, 0.2) is 16.3 Å². The van der Waals surface area contributed by atoms with Crippen LogP contribution in [0.3, 0.4) is 0 Å². The molecular formula is C11H16ClN3O3S2. The predicted octanol–water partition coefficient (Wildman–Crippen LogP) is 0.500. The predicted molar refractivity (Wildman–Crippen MR) is 78.6 cm³/mol. The van der Waals surface area contributed by atoms with Crippen molar-refractivity contribution in [3.8, 4) is 0 Å². The molecule has 0 aromatic carbocycles. The molecule has 1 aliphatic heterocycles. The van der Waals surface area contributed by atoms with Crippen molar-refractivity contribution in [1.29, 1.82) is 0 Å². The van der Waals surface area contributed by atoms with Crippen LogP contribution >= 0.6 is 22.9 Å². The number of hydrogen-bond donors (Lipinski definition) is 2. The molecule has 112 valence electrons. The van der Waals surface area contributed by atoms with E-state index >= 15 is 0 Å². The quantitative estimate of drug-likeness (QED) is 0.838. The van der Waals surface area contributed by atoms with E-state index in [4.69, 9.17) is 11.6 Å². The first kappa shape index (κ1) is 15.7. The minimum absolute atomic E-state index is 0.165. The van der Waals surface area contributed by atoms with Gasteiger partial charge in [-0.25, -0.2) is 8.42 Å². The monoisotopic (exact) mass is 337 g/mol. The lowest BCUT2D eigenvalue weighted by molar-refractivity contribution is -0.125. The fourth-order valence-corrected chi connectivity index (χ4v) is 5.24. The summed E-state index contributed by atoms with van der Waals surface area (Å²) < 4.78 is 27.0. The normalized spacial score (nSPS) is 20.8. The molecular weight excluding hydrogens is 322 g/mol. The van der Waals surface area contributed by atoms with Crippen LogP contribution in [0.2, 0.25) is 4.34 Å². The third kappa shape index (κ3) is 3.15. The molecule has 1 amide bonds. The van der Waals surface area contributed by atoms with Crippen LogP contribution in [0.1, 0.15) is 6.92 Å². The van der Waals surface area contributed by atoms with Crippen molar-refractivity contribution in [2.75, 3.05) is 26.2 Å². The van der Waals surface area contributed by atoms with E-state index in [0.717, 1.165) is 11.3 Å². The maximum atomic E-state index is 12.6. The molecule has 0 radical (unpaired) electrons. The molecule has 0 saturated carbocycles. The van der Waals surface area contributed by atoms with Crippen LogP contribution in [0.5, 0.6) is 0 Å². The van der Waals surface area contributed by atoms with E-state index < -0.39 is 16.1 Å². The van der Waals surface area contributed by atoms with Gasteiger partial charge in [-0.3, -0.25) is 4.79 Å². The minimum atomic E-state index is -3.69. The van der Waals surface area contributed by atoms with Crippen LogP contribution in [-0.2, 0) is 14.8 Å². The van der Waals surface area contributed by atoms with Crippen LogP contribution in [0.25, 0.3) is 0 Å². The first-order chi connectivity index (χ1) is 9.46. The molecule has 1 unspecified atom stereocenters. The summed E-state index contributed by atoms with van der Waals surface area (Å²) in [6.07, 6.45) is 0. The number of rotatable bonds is 4. The Balaban J connectivity index is 2.29. The molecule has 0 spiro atoms. The maximum Gasteiger partial charge on any atom is 0.253 e. The smallest absolute Gasteiger partial charge is 0.253 e. The largest absolute Gasteiger partial charge is 0.355 e. The van der Waals surface area contributed by atoms with E-state index in [1.165, 1.54) is 10.4 Å². The van der Waals surface area contributed by atoms with E-state index in [0.29, 0.717) is 24.0 Å². The van der Waals surface area contributed by atoms with Crippen molar-refractivity contribution in [3.63, 3.8) is 0 Å². The van der Waals surface area contributed by atoms with Crippen molar-refractivity contribution in [1.82, 2.24) is 14.9 Å². The van der Waals surface area contributed by atoms with Gasteiger partial charge in [-0.1, -0.05) is 11.6 Å². The number of thiophene rings is 1. The Morgan fingerprint density at radius 3 is 2.95 bits per heavy atom. The van der Waals surface area contributed by atoms with Crippen LogP contribution in [0, 0.1) is 0 Å². The molecule has 2 N–H and O–H groups in total. The molecule has 9 heteroatoms. The highest BCUT2D eigenvalue weighted by atomic mass is 35.5. The molecule has 0 bridgehead atoms. The zero-order valence-corrected chi connectivity index (χ0v) is 13.3. The highest BCUT2D eigenvalue weighted by Gasteiger charge is 2.38. The number of carbonyl (C=O) groups excluding carboxylic acids is 1. The van der Waals surface area contributed by atoms with E-state index in [9.17, 15) is 13.2 Å². The van der Waals surface area contributed by atoms with Crippen LogP contribution in [0.4, 0.5) is 0 Å². The molecule has 1 aromatic rings. The first-order valence-corrected chi connectivity index (χ1v) is 8.86. The SMILES string of the molecule is CCNC(=O)C1CNCCN1S(=O)(=O)c1ccc(Cl)s1. The van der Waals surface area contributed by atoms with Crippen molar-refractivity contribution in [2.24, 2.45) is 0 Å². The fourth-order valence-electron chi connectivity index (χ4n) is 2.04. The van der Waals surface area contributed by atoms with Gasteiger partial charge in [0.1, 0.15) is 10.3 Å². The lowest BCUT2D eigenvalue weighted by Crippen LogP contribution is -2.59. The van der Waals surface area contributed by atoms with Crippen LogP contribution < -0.4 is 10.6 Å². The summed E-state index contributed by atoms with van der Waals surface area (Å²) in [6.45, 7) is 3.36. The third-order valence-electron chi connectivity index (χ3n) is 2.96. The minimum Gasteiger partial charge on any atom is -0.355 e. The van der Waals surface area contributed by atoms with E-state index in [1.807, 2.05) is 0 Å². The number of likely N-dealkylation sites (N-methyl/N-ethyl adjacent to an activating group) is 1.